The van der Waals surface area contributed by atoms with Crippen molar-refractivity contribution < 1.29 is 42.3 Å². The van der Waals surface area contributed by atoms with Gasteiger partial charge in [0.15, 0.2) is 17.5 Å². The minimum Gasteiger partial charge on any atom is -0.508 e. The van der Waals surface area contributed by atoms with Gasteiger partial charge in [-0.3, -0.25) is 4.90 Å². The van der Waals surface area contributed by atoms with Crippen LogP contribution in [0.25, 0.3) is 32.9 Å². The van der Waals surface area contributed by atoms with E-state index in [9.17, 15) is 14.6 Å². The van der Waals surface area contributed by atoms with Crippen LogP contribution in [0.1, 0.15) is 65.7 Å². The molecule has 0 spiro atoms. The summed E-state index contributed by atoms with van der Waals surface area (Å²) in [7, 11) is 1.36. The van der Waals surface area contributed by atoms with Crippen molar-refractivity contribution in [1.29, 1.82) is 0 Å². The van der Waals surface area contributed by atoms with E-state index in [-0.39, 0.29) is 88.1 Å². The zero-order valence-electron chi connectivity index (χ0n) is 31.2. The number of nitrogens with zero attached hydrogens (tertiary/aromatic N) is 5. The highest BCUT2D eigenvalue weighted by Crippen LogP contribution is 2.50. The van der Waals surface area contributed by atoms with E-state index in [2.05, 4.69) is 28.7 Å². The number of ether oxygens (including phenoxy) is 4. The topological polar surface area (TPSA) is 123 Å². The van der Waals surface area contributed by atoms with Gasteiger partial charge in [-0.15, -0.1) is 0 Å². The third-order valence-corrected chi connectivity index (χ3v) is 11.9. The molecule has 1 aliphatic carbocycles. The molecule has 11 nitrogen and oxygen atoms in total. The van der Waals surface area contributed by atoms with Gasteiger partial charge in [-0.2, -0.15) is 9.97 Å². The van der Waals surface area contributed by atoms with Crippen LogP contribution in [0, 0.1) is 22.9 Å². The van der Waals surface area contributed by atoms with E-state index in [0.717, 1.165) is 63.6 Å². The van der Waals surface area contributed by atoms with Crippen LogP contribution < -0.4 is 14.4 Å². The maximum absolute atomic E-state index is 17.2. The number of methoxy groups -OCH3 is 1. The maximum Gasteiger partial charge on any atom is 0.319 e. The van der Waals surface area contributed by atoms with Crippen LogP contribution in [0.5, 0.6) is 17.6 Å². The van der Waals surface area contributed by atoms with Crippen molar-refractivity contribution in [3.63, 3.8) is 0 Å². The summed E-state index contributed by atoms with van der Waals surface area (Å²) < 4.78 is 71.3. The average Bonchev–Trinajstić information content (AvgIpc) is 3.48. The van der Waals surface area contributed by atoms with Crippen LogP contribution in [-0.2, 0) is 9.47 Å². The zero-order chi connectivity index (χ0) is 37.9. The van der Waals surface area contributed by atoms with Crippen molar-refractivity contribution in [3.8, 4) is 28.9 Å². The highest BCUT2D eigenvalue weighted by molar-refractivity contribution is 6.02. The summed E-state index contributed by atoms with van der Waals surface area (Å²) in [4.78, 5) is 18.4. The molecule has 2 N–H and O–H groups in total. The van der Waals surface area contributed by atoms with E-state index in [0.29, 0.717) is 25.2 Å². The lowest BCUT2D eigenvalue weighted by Crippen LogP contribution is -2.57. The first-order chi connectivity index (χ1) is 25.9. The number of phenolic OH excluding ortho intramolecular Hbond substituents is 1. The molecular weight excluding hydrogens is 703 g/mol. The highest BCUT2D eigenvalue weighted by Gasteiger charge is 2.51. The Hall–Kier alpha value is -3.98. The smallest absolute Gasteiger partial charge is 0.319 e. The second kappa shape index (κ2) is 14.3. The summed E-state index contributed by atoms with van der Waals surface area (Å²) in [5.74, 6) is -3.46. The fraction of sp³-hybridized carbons (Fsp3) is 0.575. The Kier molecular flexibility index (Phi) is 9.77. The predicted molar refractivity (Wildman–Crippen MR) is 197 cm³/mol. The van der Waals surface area contributed by atoms with E-state index in [1.165, 1.54) is 19.2 Å². The number of anilines is 1. The number of hydrogen-bond donors (Lipinski definition) is 2. The Balaban J connectivity index is 1.24. The molecule has 1 unspecified atom stereocenters. The molecule has 0 bridgehead atoms. The number of fused-ring (bicyclic) bond motifs is 3. The van der Waals surface area contributed by atoms with Gasteiger partial charge >= 0.3 is 6.01 Å². The third-order valence-electron chi connectivity index (χ3n) is 11.9. The molecule has 2 aromatic carbocycles. The summed E-state index contributed by atoms with van der Waals surface area (Å²) in [5.41, 5.74) is -2.21. The number of benzene rings is 2. The van der Waals surface area contributed by atoms with Crippen LogP contribution in [0.4, 0.5) is 19.0 Å². The molecule has 6 atom stereocenters. The number of aromatic nitrogens is 3. The molecule has 54 heavy (non-hydrogen) atoms. The molecule has 0 radical (unpaired) electrons. The first-order valence-corrected chi connectivity index (χ1v) is 19.0. The Labute approximate surface area is 312 Å². The zero-order valence-corrected chi connectivity index (χ0v) is 31.2. The average molecular weight is 752 g/mol. The maximum atomic E-state index is 17.2. The van der Waals surface area contributed by atoms with Gasteiger partial charge in [0.25, 0.3) is 0 Å². The van der Waals surface area contributed by atoms with E-state index >= 15 is 8.78 Å². The number of pyridine rings is 1. The number of piperidine rings is 1. The highest BCUT2D eigenvalue weighted by atomic mass is 19.2. The fourth-order valence-corrected chi connectivity index (χ4v) is 9.70. The van der Waals surface area contributed by atoms with Crippen molar-refractivity contribution in [2.24, 2.45) is 5.41 Å². The quantitative estimate of drug-likeness (QED) is 0.214. The summed E-state index contributed by atoms with van der Waals surface area (Å²) in [6.45, 7) is 8.04. The molecular formula is C40H48F3N5O6. The monoisotopic (exact) mass is 751 g/mol. The lowest BCUT2D eigenvalue weighted by molar-refractivity contribution is -0.0967. The van der Waals surface area contributed by atoms with Gasteiger partial charge in [-0.05, 0) is 89.4 Å². The third kappa shape index (κ3) is 6.69. The van der Waals surface area contributed by atoms with Gasteiger partial charge in [-0.25, -0.2) is 18.2 Å². The van der Waals surface area contributed by atoms with Crippen molar-refractivity contribution in [3.05, 3.63) is 41.7 Å². The molecule has 2 aromatic heterocycles. The van der Waals surface area contributed by atoms with Crippen LogP contribution in [0.15, 0.2) is 24.3 Å². The van der Waals surface area contributed by atoms with Gasteiger partial charge in [-0.1, -0.05) is 12.5 Å². The molecule has 14 heteroatoms. The second-order valence-corrected chi connectivity index (χ2v) is 16.0. The van der Waals surface area contributed by atoms with Crippen LogP contribution in [0.2, 0.25) is 0 Å². The Morgan fingerprint density at radius 1 is 0.981 bits per heavy atom. The summed E-state index contributed by atoms with van der Waals surface area (Å²) in [5, 5.41) is 21.8. The molecule has 0 amide bonds. The number of rotatable bonds is 7. The number of aliphatic hydroxyl groups is 1. The van der Waals surface area contributed by atoms with Gasteiger partial charge in [0, 0.05) is 35.0 Å². The molecule has 1 saturated carbocycles. The predicted octanol–water partition coefficient (Wildman–Crippen LogP) is 6.53. The largest absolute Gasteiger partial charge is 0.508 e. The standard InChI is InChI=1S/C40H48F3N5O6/c1-22-15-25(16-23(2)54-22)48-12-6-11-40(10-5-7-29(40)48)21-53-38-45-35-31(36(46-38)47-13-14-52-20-39(3,50)19-47)37(51-4)44-34(33(35)43)27-18-26(49)17-24-8-9-28(41)32(42)30(24)27/h8-9,17-18,22-23,25,29,49-50H,5-7,10-16,19-21H2,1-4H3/t22-,23+,25?,29-,39+,40-/m1/s1. The Bertz CT molecular complexity index is 2060. The van der Waals surface area contributed by atoms with Gasteiger partial charge < -0.3 is 34.1 Å². The minimum atomic E-state index is -1.27. The number of hydrogen-bond acceptors (Lipinski definition) is 11. The Morgan fingerprint density at radius 3 is 2.54 bits per heavy atom. The minimum absolute atomic E-state index is 0.0659. The van der Waals surface area contributed by atoms with Crippen molar-refractivity contribution in [2.75, 3.05) is 51.5 Å². The molecule has 3 aliphatic heterocycles. The number of aromatic hydroxyl groups is 1. The van der Waals surface area contributed by atoms with E-state index in [1.54, 1.807) is 11.8 Å². The Morgan fingerprint density at radius 2 is 1.76 bits per heavy atom. The lowest BCUT2D eigenvalue weighted by Gasteiger charge is -2.51. The van der Waals surface area contributed by atoms with Crippen LogP contribution in [-0.4, -0.2) is 107 Å². The normalized spacial score (nSPS) is 29.4. The molecule has 4 aliphatic rings. The van der Waals surface area contributed by atoms with Gasteiger partial charge in [0.1, 0.15) is 33.8 Å². The first-order valence-electron chi connectivity index (χ1n) is 19.0. The van der Waals surface area contributed by atoms with Crippen molar-refractivity contribution >= 4 is 27.5 Å². The molecule has 3 saturated heterocycles. The van der Waals surface area contributed by atoms with Crippen LogP contribution >= 0.6 is 0 Å². The molecule has 4 aromatic rings. The second-order valence-electron chi connectivity index (χ2n) is 16.0. The van der Waals surface area contributed by atoms with Crippen molar-refractivity contribution in [1.82, 2.24) is 19.9 Å². The molecule has 5 heterocycles. The summed E-state index contributed by atoms with van der Waals surface area (Å²) in [6, 6.07) is 5.32. The number of halogens is 3. The summed E-state index contributed by atoms with van der Waals surface area (Å²) >= 11 is 0. The van der Waals surface area contributed by atoms with Crippen LogP contribution in [0.3, 0.4) is 0 Å². The van der Waals surface area contributed by atoms with Crippen molar-refractivity contribution in [2.45, 2.75) is 95.6 Å². The van der Waals surface area contributed by atoms with E-state index in [1.807, 2.05) is 0 Å². The first kappa shape index (κ1) is 37.0. The number of likely N-dealkylation sites (tertiary alicyclic amines) is 1. The number of β-amino-alcohol motifs (C(OH)–C–C–N with tert-alkyl or cyclic N) is 1. The molecule has 4 fully saturated rings. The van der Waals surface area contributed by atoms with E-state index in [4.69, 9.17) is 23.9 Å². The van der Waals surface area contributed by atoms with Gasteiger partial charge in [0.2, 0.25) is 5.88 Å². The fourth-order valence-electron chi connectivity index (χ4n) is 9.70. The summed E-state index contributed by atoms with van der Waals surface area (Å²) in [6.07, 6.45) is 7.50. The lowest BCUT2D eigenvalue weighted by atomic mass is 9.74. The number of phenols is 1. The molecule has 290 valence electrons. The van der Waals surface area contributed by atoms with E-state index < -0.39 is 28.7 Å². The SMILES string of the molecule is COc1nc(-c2cc(O)cc3ccc(F)c(F)c23)c(F)c2nc(OC[C@]34CCC[C@H]3N(C3C[C@@H](C)O[C@@H](C)C3)CCC4)nc(N3CCOC[C@@](C)(O)C3)c12. The molecule has 8 rings (SSSR count). The van der Waals surface area contributed by atoms with Gasteiger partial charge in [0.05, 0.1) is 45.7 Å².